The highest BCUT2D eigenvalue weighted by molar-refractivity contribution is 9.10. The van der Waals surface area contributed by atoms with E-state index in [1.807, 2.05) is 6.92 Å². The van der Waals surface area contributed by atoms with Crippen LogP contribution in [0.4, 0.5) is 0 Å². The molecule has 4 aromatic heterocycles. The summed E-state index contributed by atoms with van der Waals surface area (Å²) < 4.78 is 12.5. The van der Waals surface area contributed by atoms with Crippen molar-refractivity contribution in [2.45, 2.75) is 13.3 Å². The predicted octanol–water partition coefficient (Wildman–Crippen LogP) is 4.03. The van der Waals surface area contributed by atoms with Gasteiger partial charge in [-0.1, -0.05) is 12.8 Å². The molecule has 9 heteroatoms. The fourth-order valence-electron chi connectivity index (χ4n) is 2.53. The van der Waals surface area contributed by atoms with Crippen molar-refractivity contribution in [3.8, 4) is 35.7 Å². The van der Waals surface area contributed by atoms with Crippen molar-refractivity contribution in [1.82, 2.24) is 29.9 Å². The Morgan fingerprint density at radius 3 is 2.61 bits per heavy atom. The largest absolute Gasteiger partial charge is 0.435 e. The Morgan fingerprint density at radius 1 is 1.07 bits per heavy atom. The van der Waals surface area contributed by atoms with Crippen molar-refractivity contribution in [3.05, 3.63) is 52.9 Å². The normalized spacial score (nSPS) is 10.6. The molecule has 0 aliphatic heterocycles. The van der Waals surface area contributed by atoms with Gasteiger partial charge in [-0.2, -0.15) is 9.97 Å². The molecule has 0 amide bonds. The van der Waals surface area contributed by atoms with Gasteiger partial charge < -0.3 is 14.5 Å². The Kier molecular flexibility index (Phi) is 4.87. The van der Waals surface area contributed by atoms with Crippen LogP contribution in [0.5, 0.6) is 23.4 Å². The number of ether oxygens (including phenoxy) is 2. The molecule has 0 aliphatic carbocycles. The number of H-pyrrole nitrogens is 1. The molecular formula is C19H13BrN6O2. The van der Waals surface area contributed by atoms with E-state index < -0.39 is 0 Å². The highest BCUT2D eigenvalue weighted by atomic mass is 79.9. The topological polar surface area (TPSA) is 98.7 Å². The van der Waals surface area contributed by atoms with E-state index >= 15 is 0 Å². The van der Waals surface area contributed by atoms with Gasteiger partial charge in [-0.3, -0.25) is 4.98 Å². The lowest BCUT2D eigenvalue weighted by molar-refractivity contribution is 0.414. The number of aryl methyl sites for hydroxylation is 1. The van der Waals surface area contributed by atoms with Crippen molar-refractivity contribution in [2.75, 3.05) is 0 Å². The Hall–Kier alpha value is -3.51. The lowest BCUT2D eigenvalue weighted by atomic mass is 10.3. The van der Waals surface area contributed by atoms with Crippen LogP contribution in [0.3, 0.4) is 0 Å². The summed E-state index contributed by atoms with van der Waals surface area (Å²) >= 11 is 3.59. The van der Waals surface area contributed by atoms with E-state index in [0.29, 0.717) is 34.0 Å². The molecule has 1 N–H and O–H groups in total. The lowest BCUT2D eigenvalue weighted by Crippen LogP contribution is -1.97. The van der Waals surface area contributed by atoms with Gasteiger partial charge in [-0.15, -0.1) is 6.42 Å². The summed E-state index contributed by atoms with van der Waals surface area (Å²) in [6.45, 7) is 2.03. The van der Waals surface area contributed by atoms with E-state index in [1.54, 1.807) is 24.7 Å². The lowest BCUT2D eigenvalue weighted by Gasteiger charge is -2.08. The smallest absolute Gasteiger partial charge is 0.327 e. The molecule has 0 atom stereocenters. The van der Waals surface area contributed by atoms with E-state index in [4.69, 9.17) is 15.9 Å². The Labute approximate surface area is 168 Å². The monoisotopic (exact) mass is 436 g/mol. The summed E-state index contributed by atoms with van der Waals surface area (Å²) in [6, 6.07) is 1.76. The molecule has 0 spiro atoms. The number of rotatable bonds is 5. The van der Waals surface area contributed by atoms with Crippen LogP contribution >= 0.6 is 15.9 Å². The van der Waals surface area contributed by atoms with Crippen LogP contribution in [-0.4, -0.2) is 29.9 Å². The summed E-state index contributed by atoms with van der Waals surface area (Å²) in [5.41, 5.74) is 2.13. The molecule has 0 aromatic carbocycles. The summed E-state index contributed by atoms with van der Waals surface area (Å²) in [6.07, 6.45) is 13.8. The Morgan fingerprint density at radius 2 is 1.86 bits per heavy atom. The molecular weight excluding hydrogens is 424 g/mol. The number of fused-ring (bicyclic) bond motifs is 1. The third-order valence-corrected chi connectivity index (χ3v) is 4.68. The van der Waals surface area contributed by atoms with Crippen molar-refractivity contribution < 1.29 is 9.47 Å². The maximum absolute atomic E-state index is 5.90. The average molecular weight is 437 g/mol. The van der Waals surface area contributed by atoms with Crippen LogP contribution in [-0.2, 0) is 6.42 Å². The number of nitrogens with zero attached hydrogens (tertiary/aromatic N) is 5. The third-order valence-electron chi connectivity index (χ3n) is 3.80. The second kappa shape index (κ2) is 7.62. The van der Waals surface area contributed by atoms with Crippen LogP contribution < -0.4 is 9.47 Å². The van der Waals surface area contributed by atoms with Gasteiger partial charge in [0.05, 0.1) is 28.4 Å². The first kappa shape index (κ1) is 17.9. The molecule has 0 aliphatic rings. The molecule has 0 saturated carbocycles. The third kappa shape index (κ3) is 3.50. The second-order valence-corrected chi connectivity index (χ2v) is 6.43. The quantitative estimate of drug-likeness (QED) is 0.471. The molecule has 8 nitrogen and oxygen atoms in total. The summed E-state index contributed by atoms with van der Waals surface area (Å²) in [5.74, 6) is 3.68. The number of aromatic nitrogens is 6. The first-order valence-corrected chi connectivity index (χ1v) is 9.07. The zero-order valence-electron chi connectivity index (χ0n) is 14.7. The molecule has 4 heterocycles. The molecule has 0 saturated heterocycles. The van der Waals surface area contributed by atoms with E-state index in [-0.39, 0.29) is 6.01 Å². The van der Waals surface area contributed by atoms with Gasteiger partial charge in [0.1, 0.15) is 12.0 Å². The van der Waals surface area contributed by atoms with Gasteiger partial charge in [0, 0.05) is 17.5 Å². The van der Waals surface area contributed by atoms with Crippen molar-refractivity contribution in [3.63, 3.8) is 0 Å². The van der Waals surface area contributed by atoms with Crippen LogP contribution in [0.2, 0.25) is 0 Å². The molecule has 138 valence electrons. The number of hydrogen-bond acceptors (Lipinski definition) is 7. The minimum absolute atomic E-state index is 0.0896. The van der Waals surface area contributed by atoms with Crippen molar-refractivity contribution >= 4 is 27.0 Å². The number of hydrogen-bond donors (Lipinski definition) is 1. The maximum atomic E-state index is 5.90. The minimum atomic E-state index is 0.0896. The van der Waals surface area contributed by atoms with Crippen molar-refractivity contribution in [2.24, 2.45) is 0 Å². The van der Waals surface area contributed by atoms with E-state index in [1.165, 1.54) is 12.5 Å². The summed E-state index contributed by atoms with van der Waals surface area (Å²) in [5, 5.41) is 0.698. The van der Waals surface area contributed by atoms with Gasteiger partial charge in [0.15, 0.2) is 11.5 Å². The van der Waals surface area contributed by atoms with Crippen molar-refractivity contribution in [1.29, 1.82) is 0 Å². The standard InChI is InChI=1S/C19H13BrN6O2/c1-3-11-5-12(7-21-6-11)28-19-25-17-15(16(20)14(4-2)24-17)18(26-19)27-13-8-22-10-23-9-13/h1,5-10H,4H2,2H3,(H,24,25,26). The first-order valence-electron chi connectivity index (χ1n) is 8.28. The molecule has 0 bridgehead atoms. The number of halogens is 1. The van der Waals surface area contributed by atoms with Gasteiger partial charge in [0.25, 0.3) is 0 Å². The number of terminal acetylenes is 1. The fraction of sp³-hybridized carbons (Fsp3) is 0.105. The summed E-state index contributed by atoms with van der Waals surface area (Å²) in [7, 11) is 0. The van der Waals surface area contributed by atoms with Crippen LogP contribution in [0.25, 0.3) is 11.0 Å². The van der Waals surface area contributed by atoms with Gasteiger partial charge >= 0.3 is 6.01 Å². The molecule has 0 radical (unpaired) electrons. The van der Waals surface area contributed by atoms with Crippen LogP contribution in [0.1, 0.15) is 18.2 Å². The Balaban J connectivity index is 1.80. The molecule has 4 rings (SSSR count). The predicted molar refractivity (Wildman–Crippen MR) is 105 cm³/mol. The number of aromatic amines is 1. The number of pyridine rings is 1. The SMILES string of the molecule is C#Cc1cncc(Oc2nc(Oc3cncnc3)c3c(Br)c(CC)[nH]c3n2)c1. The van der Waals surface area contributed by atoms with Crippen LogP contribution in [0.15, 0.2) is 41.7 Å². The van der Waals surface area contributed by atoms with Gasteiger partial charge in [-0.05, 0) is 28.4 Å². The summed E-state index contributed by atoms with van der Waals surface area (Å²) in [4.78, 5) is 24.1. The second-order valence-electron chi connectivity index (χ2n) is 5.64. The van der Waals surface area contributed by atoms with Crippen LogP contribution in [0, 0.1) is 12.3 Å². The van der Waals surface area contributed by atoms with E-state index in [9.17, 15) is 0 Å². The van der Waals surface area contributed by atoms with Gasteiger partial charge in [-0.25, -0.2) is 9.97 Å². The highest BCUT2D eigenvalue weighted by Gasteiger charge is 2.19. The number of nitrogens with one attached hydrogen (secondary N) is 1. The fourth-order valence-corrected chi connectivity index (χ4v) is 3.27. The average Bonchev–Trinajstić information content (AvgIpc) is 3.04. The molecule has 28 heavy (non-hydrogen) atoms. The minimum Gasteiger partial charge on any atom is -0.435 e. The molecule has 4 aromatic rings. The molecule has 0 unspecified atom stereocenters. The Bertz CT molecular complexity index is 1190. The van der Waals surface area contributed by atoms with E-state index in [0.717, 1.165) is 16.6 Å². The van der Waals surface area contributed by atoms with Gasteiger partial charge in [0.2, 0.25) is 5.88 Å². The maximum Gasteiger partial charge on any atom is 0.327 e. The zero-order chi connectivity index (χ0) is 19.5. The van der Waals surface area contributed by atoms with E-state index in [2.05, 4.69) is 51.8 Å². The highest BCUT2D eigenvalue weighted by Crippen LogP contribution is 2.37. The zero-order valence-corrected chi connectivity index (χ0v) is 16.3. The first-order chi connectivity index (χ1) is 13.7. The molecule has 0 fully saturated rings.